The van der Waals surface area contributed by atoms with Gasteiger partial charge in [-0.1, -0.05) is 41.9 Å². The molecule has 0 unspecified atom stereocenters. The second-order valence-corrected chi connectivity index (χ2v) is 9.39. The number of halogens is 1. The van der Waals surface area contributed by atoms with Gasteiger partial charge in [0.25, 0.3) is 0 Å². The van der Waals surface area contributed by atoms with Crippen LogP contribution in [0.2, 0.25) is 5.02 Å². The zero-order valence-corrected chi connectivity index (χ0v) is 21.3. The zero-order chi connectivity index (χ0) is 25.2. The lowest BCUT2D eigenvalue weighted by molar-refractivity contribution is -0.116. The summed E-state index contributed by atoms with van der Waals surface area (Å²) in [6, 6.07) is 21.8. The van der Waals surface area contributed by atoms with Crippen molar-refractivity contribution in [1.29, 1.82) is 0 Å². The van der Waals surface area contributed by atoms with E-state index in [0.717, 1.165) is 39.1 Å². The van der Waals surface area contributed by atoms with Crippen molar-refractivity contribution in [2.45, 2.75) is 46.3 Å². The average Bonchev–Trinajstić information content (AvgIpc) is 3.37. The summed E-state index contributed by atoms with van der Waals surface area (Å²) >= 11 is 6.04. The predicted molar refractivity (Wildman–Crippen MR) is 147 cm³/mol. The fraction of sp³-hybridized carbons (Fsp3) is 0.241. The van der Waals surface area contributed by atoms with Crippen LogP contribution in [0.25, 0.3) is 21.9 Å². The maximum Gasteiger partial charge on any atom is 0.329 e. The largest absolute Gasteiger partial charge is 0.343 e. The molecule has 0 aliphatic carbocycles. The van der Waals surface area contributed by atoms with Crippen LogP contribution in [0.5, 0.6) is 0 Å². The number of fused-ring (bicyclic) bond motifs is 2. The first kappa shape index (κ1) is 23.9. The molecular formula is C29H29ClN4O2. The third-order valence-corrected chi connectivity index (χ3v) is 6.95. The van der Waals surface area contributed by atoms with E-state index in [0.29, 0.717) is 31.6 Å². The Hall–Kier alpha value is -3.77. The number of hydrogen-bond acceptors (Lipinski definition) is 2. The topological polar surface area (TPSA) is 61.0 Å². The van der Waals surface area contributed by atoms with Crippen molar-refractivity contribution in [2.75, 3.05) is 5.32 Å². The van der Waals surface area contributed by atoms with Crippen LogP contribution in [0, 0.1) is 0 Å². The Morgan fingerprint density at radius 1 is 0.889 bits per heavy atom. The fourth-order valence-electron chi connectivity index (χ4n) is 4.92. The third-order valence-electron chi connectivity index (χ3n) is 6.69. The minimum Gasteiger partial charge on any atom is -0.343 e. The van der Waals surface area contributed by atoms with E-state index in [-0.39, 0.29) is 11.6 Å². The zero-order valence-electron chi connectivity index (χ0n) is 20.5. The maximum absolute atomic E-state index is 12.9. The molecule has 0 aliphatic rings. The summed E-state index contributed by atoms with van der Waals surface area (Å²) in [6.45, 7) is 5.85. The number of aryl methyl sites for hydroxylation is 3. The molecule has 7 heteroatoms. The molecule has 1 N–H and O–H groups in total. The molecule has 0 aliphatic heterocycles. The highest BCUT2D eigenvalue weighted by atomic mass is 35.5. The highest BCUT2D eigenvalue weighted by Crippen LogP contribution is 2.25. The molecule has 2 heterocycles. The lowest BCUT2D eigenvalue weighted by atomic mass is 10.1. The van der Waals surface area contributed by atoms with E-state index >= 15 is 0 Å². The molecule has 0 fully saturated rings. The lowest BCUT2D eigenvalue weighted by Crippen LogP contribution is -2.23. The summed E-state index contributed by atoms with van der Waals surface area (Å²) in [4.78, 5) is 25.5. The number of para-hydroxylation sites is 1. The van der Waals surface area contributed by atoms with Gasteiger partial charge in [0.1, 0.15) is 0 Å². The molecule has 0 saturated carbocycles. The predicted octanol–water partition coefficient (Wildman–Crippen LogP) is 6.07. The van der Waals surface area contributed by atoms with Crippen molar-refractivity contribution in [1.82, 2.24) is 13.7 Å². The molecule has 2 aromatic heterocycles. The number of benzene rings is 3. The SMILES string of the molecule is CCn1c(=O)n(CC)c2cc(NC(=O)CCc3cn(Cc4ccc(Cl)cc4)c4ccccc34)ccc21. The molecule has 0 saturated heterocycles. The summed E-state index contributed by atoms with van der Waals surface area (Å²) in [5.74, 6) is -0.0517. The smallest absolute Gasteiger partial charge is 0.329 e. The van der Waals surface area contributed by atoms with Crippen molar-refractivity contribution >= 4 is 45.1 Å². The number of anilines is 1. The highest BCUT2D eigenvalue weighted by Gasteiger charge is 2.14. The van der Waals surface area contributed by atoms with Gasteiger partial charge in [0.05, 0.1) is 11.0 Å². The second-order valence-electron chi connectivity index (χ2n) is 8.95. The van der Waals surface area contributed by atoms with E-state index in [2.05, 4.69) is 28.2 Å². The molecule has 5 aromatic rings. The van der Waals surface area contributed by atoms with Gasteiger partial charge >= 0.3 is 5.69 Å². The minimum atomic E-state index is -0.0517. The van der Waals surface area contributed by atoms with E-state index in [9.17, 15) is 9.59 Å². The molecule has 6 nitrogen and oxygen atoms in total. The van der Waals surface area contributed by atoms with Gasteiger partial charge in [-0.05, 0) is 67.8 Å². The van der Waals surface area contributed by atoms with Crippen LogP contribution in [-0.2, 0) is 30.8 Å². The summed E-state index contributed by atoms with van der Waals surface area (Å²) in [7, 11) is 0. The Labute approximate surface area is 214 Å². The van der Waals surface area contributed by atoms with E-state index in [1.807, 2.05) is 68.4 Å². The van der Waals surface area contributed by atoms with Gasteiger partial charge in [0.2, 0.25) is 5.91 Å². The van der Waals surface area contributed by atoms with Crippen LogP contribution < -0.4 is 11.0 Å². The Kier molecular flexibility index (Phi) is 6.70. The van der Waals surface area contributed by atoms with E-state index in [4.69, 9.17) is 11.6 Å². The maximum atomic E-state index is 12.9. The van der Waals surface area contributed by atoms with Crippen LogP contribution in [0.1, 0.15) is 31.4 Å². The van der Waals surface area contributed by atoms with Gasteiger partial charge < -0.3 is 9.88 Å². The highest BCUT2D eigenvalue weighted by molar-refractivity contribution is 6.30. The fourth-order valence-corrected chi connectivity index (χ4v) is 5.05. The number of imidazole rings is 1. The van der Waals surface area contributed by atoms with Crippen molar-refractivity contribution in [3.8, 4) is 0 Å². The lowest BCUT2D eigenvalue weighted by Gasteiger charge is -2.07. The molecule has 36 heavy (non-hydrogen) atoms. The second kappa shape index (κ2) is 10.1. The number of nitrogens with zero attached hydrogens (tertiary/aromatic N) is 3. The quantitative estimate of drug-likeness (QED) is 0.281. The minimum absolute atomic E-state index is 0.0199. The van der Waals surface area contributed by atoms with Crippen molar-refractivity contribution in [3.63, 3.8) is 0 Å². The monoisotopic (exact) mass is 500 g/mol. The first-order valence-corrected chi connectivity index (χ1v) is 12.7. The Morgan fingerprint density at radius 2 is 1.61 bits per heavy atom. The van der Waals surface area contributed by atoms with Crippen molar-refractivity contribution in [2.24, 2.45) is 0 Å². The average molecular weight is 501 g/mol. The molecule has 184 valence electrons. The summed E-state index contributed by atoms with van der Waals surface area (Å²) in [5.41, 5.74) is 5.86. The van der Waals surface area contributed by atoms with Crippen LogP contribution in [-0.4, -0.2) is 19.6 Å². The van der Waals surface area contributed by atoms with Crippen molar-refractivity contribution in [3.05, 3.63) is 99.6 Å². The Bertz CT molecular complexity index is 1610. The Morgan fingerprint density at radius 3 is 2.36 bits per heavy atom. The standard InChI is InChI=1S/C29H29ClN4O2/c1-3-33-26-15-14-23(17-27(26)34(4-2)29(33)36)31-28(35)16-11-21-19-32(25-8-6-5-7-24(21)25)18-20-9-12-22(30)13-10-20/h5-10,12-15,17,19H,3-4,11,16,18H2,1-2H3,(H,31,35). The van der Waals surface area contributed by atoms with Crippen LogP contribution in [0.4, 0.5) is 5.69 Å². The molecule has 0 spiro atoms. The first-order chi connectivity index (χ1) is 17.5. The first-order valence-electron chi connectivity index (χ1n) is 12.3. The number of nitrogens with one attached hydrogen (secondary N) is 1. The number of hydrogen-bond donors (Lipinski definition) is 1. The number of amides is 1. The van der Waals surface area contributed by atoms with Gasteiger partial charge in [-0.3, -0.25) is 13.9 Å². The third kappa shape index (κ3) is 4.56. The van der Waals surface area contributed by atoms with Crippen molar-refractivity contribution < 1.29 is 4.79 Å². The van der Waals surface area contributed by atoms with Gasteiger partial charge in [-0.25, -0.2) is 4.79 Å². The Balaban J connectivity index is 1.33. The number of carbonyl (C=O) groups excluding carboxylic acids is 1. The van der Waals surface area contributed by atoms with Crippen LogP contribution in [0.3, 0.4) is 0 Å². The molecule has 1 amide bonds. The number of aromatic nitrogens is 3. The summed E-state index contributed by atoms with van der Waals surface area (Å²) in [6.07, 6.45) is 3.14. The molecule has 5 rings (SSSR count). The molecule has 0 bridgehead atoms. The van der Waals surface area contributed by atoms with Gasteiger partial charge in [0, 0.05) is 53.9 Å². The summed E-state index contributed by atoms with van der Waals surface area (Å²) in [5, 5.41) is 4.91. The van der Waals surface area contributed by atoms with Gasteiger partial charge in [-0.2, -0.15) is 0 Å². The summed E-state index contributed by atoms with van der Waals surface area (Å²) < 4.78 is 5.72. The van der Waals surface area contributed by atoms with E-state index in [1.54, 1.807) is 9.13 Å². The number of carbonyl (C=O) groups is 1. The van der Waals surface area contributed by atoms with Crippen LogP contribution in [0.15, 0.2) is 77.7 Å². The molecule has 0 atom stereocenters. The molecular weight excluding hydrogens is 472 g/mol. The molecule has 3 aromatic carbocycles. The van der Waals surface area contributed by atoms with Gasteiger partial charge in [-0.15, -0.1) is 0 Å². The van der Waals surface area contributed by atoms with Gasteiger partial charge in [0.15, 0.2) is 0 Å². The molecule has 0 radical (unpaired) electrons. The van der Waals surface area contributed by atoms with E-state index < -0.39 is 0 Å². The number of rotatable bonds is 8. The van der Waals surface area contributed by atoms with E-state index in [1.165, 1.54) is 5.56 Å². The van der Waals surface area contributed by atoms with Crippen LogP contribution >= 0.6 is 11.6 Å². The normalized spacial score (nSPS) is 11.4.